The molecule has 4 nitrogen and oxygen atoms in total. The van der Waals surface area contributed by atoms with Crippen molar-refractivity contribution in [1.82, 2.24) is 4.98 Å². The van der Waals surface area contributed by atoms with Gasteiger partial charge in [-0.3, -0.25) is 9.78 Å². The molecule has 0 saturated carbocycles. The van der Waals surface area contributed by atoms with Crippen molar-refractivity contribution in [3.05, 3.63) is 39.8 Å². The molecule has 2 aromatic rings. The topological polar surface area (TPSA) is 59.2 Å². The van der Waals surface area contributed by atoms with Crippen LogP contribution in [-0.4, -0.2) is 17.9 Å². The van der Waals surface area contributed by atoms with Gasteiger partial charge in [-0.25, -0.2) is 0 Å². The fourth-order valence-electron chi connectivity index (χ4n) is 1.66. The van der Waals surface area contributed by atoms with Crippen molar-refractivity contribution >= 4 is 28.6 Å². The summed E-state index contributed by atoms with van der Waals surface area (Å²) >= 11 is 1.50. The molecular formula is C13H15N3OS. The van der Waals surface area contributed by atoms with E-state index >= 15 is 0 Å². The van der Waals surface area contributed by atoms with Crippen molar-refractivity contribution in [3.63, 3.8) is 0 Å². The van der Waals surface area contributed by atoms with Gasteiger partial charge in [-0.15, -0.1) is 11.3 Å². The third-order valence-corrected chi connectivity index (χ3v) is 4.01. The van der Waals surface area contributed by atoms with E-state index in [1.807, 2.05) is 19.9 Å². The van der Waals surface area contributed by atoms with E-state index in [4.69, 9.17) is 5.73 Å². The third-order valence-electron chi connectivity index (χ3n) is 2.87. The molecular weight excluding hydrogens is 246 g/mol. The van der Waals surface area contributed by atoms with E-state index in [9.17, 15) is 4.79 Å². The van der Waals surface area contributed by atoms with Crippen LogP contribution in [0.25, 0.3) is 0 Å². The Morgan fingerprint density at radius 1 is 1.44 bits per heavy atom. The minimum absolute atomic E-state index is 0.0471. The number of hydrogen-bond acceptors (Lipinski definition) is 4. The fourth-order valence-corrected chi connectivity index (χ4v) is 2.67. The number of aromatic nitrogens is 1. The second-order valence-corrected chi connectivity index (χ2v) is 5.40. The van der Waals surface area contributed by atoms with E-state index in [0.717, 1.165) is 15.3 Å². The van der Waals surface area contributed by atoms with E-state index in [2.05, 4.69) is 4.98 Å². The molecule has 0 aliphatic carbocycles. The first kappa shape index (κ1) is 12.6. The van der Waals surface area contributed by atoms with Crippen molar-refractivity contribution in [3.8, 4) is 0 Å². The first-order valence-electron chi connectivity index (χ1n) is 5.55. The zero-order valence-corrected chi connectivity index (χ0v) is 11.4. The van der Waals surface area contributed by atoms with Gasteiger partial charge in [-0.1, -0.05) is 0 Å². The van der Waals surface area contributed by atoms with Gasteiger partial charge in [0.25, 0.3) is 5.91 Å². The van der Waals surface area contributed by atoms with E-state index in [1.165, 1.54) is 11.3 Å². The van der Waals surface area contributed by atoms with Gasteiger partial charge in [0.05, 0.1) is 22.4 Å². The molecule has 0 fully saturated rings. The Labute approximate surface area is 110 Å². The van der Waals surface area contributed by atoms with Crippen molar-refractivity contribution in [2.45, 2.75) is 13.8 Å². The number of nitrogens with two attached hydrogens (primary N) is 1. The van der Waals surface area contributed by atoms with Crippen LogP contribution >= 0.6 is 11.3 Å². The molecule has 0 atom stereocenters. The maximum Gasteiger partial charge on any atom is 0.268 e. The molecule has 94 valence electrons. The Kier molecular flexibility index (Phi) is 3.34. The van der Waals surface area contributed by atoms with Crippen molar-refractivity contribution in [1.29, 1.82) is 0 Å². The summed E-state index contributed by atoms with van der Waals surface area (Å²) in [5, 5.41) is 0. The van der Waals surface area contributed by atoms with Crippen LogP contribution in [0.5, 0.6) is 0 Å². The Morgan fingerprint density at radius 3 is 2.72 bits per heavy atom. The predicted molar refractivity (Wildman–Crippen MR) is 75.2 cm³/mol. The van der Waals surface area contributed by atoms with Crippen molar-refractivity contribution in [2.75, 3.05) is 17.7 Å². The van der Waals surface area contributed by atoms with Gasteiger partial charge in [0.2, 0.25) is 0 Å². The number of nitrogens with zero attached hydrogens (tertiary/aromatic N) is 2. The maximum absolute atomic E-state index is 12.3. The summed E-state index contributed by atoms with van der Waals surface area (Å²) in [6.07, 6.45) is 3.17. The van der Waals surface area contributed by atoms with E-state index < -0.39 is 0 Å². The highest BCUT2D eigenvalue weighted by Crippen LogP contribution is 2.26. The smallest absolute Gasteiger partial charge is 0.268 e. The van der Waals surface area contributed by atoms with Gasteiger partial charge in [-0.2, -0.15) is 0 Å². The number of rotatable bonds is 2. The van der Waals surface area contributed by atoms with E-state index in [1.54, 1.807) is 30.4 Å². The zero-order valence-electron chi connectivity index (χ0n) is 10.6. The van der Waals surface area contributed by atoms with Crippen molar-refractivity contribution in [2.24, 2.45) is 0 Å². The molecule has 0 aliphatic heterocycles. The number of anilines is 2. The lowest BCUT2D eigenvalue weighted by Gasteiger charge is -2.17. The third kappa shape index (κ3) is 2.22. The molecule has 2 aromatic heterocycles. The summed E-state index contributed by atoms with van der Waals surface area (Å²) < 4.78 is 0. The maximum atomic E-state index is 12.3. The quantitative estimate of drug-likeness (QED) is 0.904. The number of aryl methyl sites for hydroxylation is 2. The van der Waals surface area contributed by atoms with Crippen LogP contribution in [-0.2, 0) is 0 Å². The number of carbonyl (C=O) groups excluding carboxylic acids is 1. The normalized spacial score (nSPS) is 10.4. The van der Waals surface area contributed by atoms with Gasteiger partial charge in [-0.05, 0) is 31.5 Å². The SMILES string of the molecule is Cc1cc(C(=O)N(C)c2ccncc2N)sc1C. The number of thiophene rings is 1. The van der Waals surface area contributed by atoms with Gasteiger partial charge in [0, 0.05) is 18.1 Å². The zero-order chi connectivity index (χ0) is 13.3. The molecule has 0 aliphatic rings. The number of carbonyl (C=O) groups is 1. The lowest BCUT2D eigenvalue weighted by molar-refractivity contribution is 0.0997. The molecule has 2 heterocycles. The summed E-state index contributed by atoms with van der Waals surface area (Å²) in [5.41, 5.74) is 8.14. The Bertz CT molecular complexity index is 572. The van der Waals surface area contributed by atoms with Crippen molar-refractivity contribution < 1.29 is 4.79 Å². The summed E-state index contributed by atoms with van der Waals surface area (Å²) in [4.78, 5) is 19.7. The number of hydrogen-bond donors (Lipinski definition) is 1. The minimum Gasteiger partial charge on any atom is -0.396 e. The largest absolute Gasteiger partial charge is 0.396 e. The summed E-state index contributed by atoms with van der Waals surface area (Å²) in [6.45, 7) is 4.01. The summed E-state index contributed by atoms with van der Waals surface area (Å²) in [6, 6.07) is 3.65. The van der Waals surface area contributed by atoms with Gasteiger partial charge < -0.3 is 10.6 Å². The summed E-state index contributed by atoms with van der Waals surface area (Å²) in [7, 11) is 1.72. The van der Waals surface area contributed by atoms with Crippen LogP contribution in [0.4, 0.5) is 11.4 Å². The Balaban J connectivity index is 2.32. The number of pyridine rings is 1. The first-order valence-corrected chi connectivity index (χ1v) is 6.37. The Hall–Kier alpha value is -1.88. The molecule has 18 heavy (non-hydrogen) atoms. The molecule has 0 saturated heterocycles. The molecule has 2 N–H and O–H groups in total. The highest BCUT2D eigenvalue weighted by molar-refractivity contribution is 7.14. The molecule has 0 radical (unpaired) electrons. The monoisotopic (exact) mass is 261 g/mol. The predicted octanol–water partition coefficient (Wildman–Crippen LogP) is 2.62. The van der Waals surface area contributed by atoms with E-state index in [0.29, 0.717) is 11.4 Å². The average molecular weight is 261 g/mol. The molecule has 0 bridgehead atoms. The second kappa shape index (κ2) is 4.78. The van der Waals surface area contributed by atoms with Crippen LogP contribution < -0.4 is 10.6 Å². The Morgan fingerprint density at radius 2 is 2.17 bits per heavy atom. The first-order chi connectivity index (χ1) is 8.50. The second-order valence-electron chi connectivity index (χ2n) is 4.15. The average Bonchev–Trinajstić information content (AvgIpc) is 2.68. The van der Waals surface area contributed by atoms with Crippen LogP contribution in [0.2, 0.25) is 0 Å². The van der Waals surface area contributed by atoms with Gasteiger partial charge in [0.15, 0.2) is 0 Å². The highest BCUT2D eigenvalue weighted by Gasteiger charge is 2.17. The molecule has 2 rings (SSSR count). The number of amides is 1. The van der Waals surface area contributed by atoms with Crippen LogP contribution in [0.3, 0.4) is 0 Å². The van der Waals surface area contributed by atoms with Crippen LogP contribution in [0.15, 0.2) is 24.5 Å². The highest BCUT2D eigenvalue weighted by atomic mass is 32.1. The molecule has 1 amide bonds. The molecule has 0 unspecified atom stereocenters. The van der Waals surface area contributed by atoms with E-state index in [-0.39, 0.29) is 5.91 Å². The summed E-state index contributed by atoms with van der Waals surface area (Å²) in [5.74, 6) is -0.0471. The molecule has 0 aromatic carbocycles. The lowest BCUT2D eigenvalue weighted by atomic mass is 10.2. The fraction of sp³-hybridized carbons (Fsp3) is 0.231. The molecule has 5 heteroatoms. The number of nitrogen functional groups attached to an aromatic ring is 1. The van der Waals surface area contributed by atoms with Crippen LogP contribution in [0, 0.1) is 13.8 Å². The van der Waals surface area contributed by atoms with Crippen LogP contribution in [0.1, 0.15) is 20.1 Å². The van der Waals surface area contributed by atoms with Gasteiger partial charge >= 0.3 is 0 Å². The molecule has 0 spiro atoms. The minimum atomic E-state index is -0.0471. The lowest BCUT2D eigenvalue weighted by Crippen LogP contribution is -2.26. The standard InChI is InChI=1S/C13H15N3OS/c1-8-6-12(18-9(8)2)13(17)16(3)11-4-5-15-7-10(11)14/h4-7H,14H2,1-3H3. The van der Waals surface area contributed by atoms with Gasteiger partial charge in [0.1, 0.15) is 0 Å².